The van der Waals surface area contributed by atoms with Crippen molar-refractivity contribution in [3.63, 3.8) is 0 Å². The van der Waals surface area contributed by atoms with Crippen LogP contribution in [0.3, 0.4) is 0 Å². The molecule has 0 bridgehead atoms. The van der Waals surface area contributed by atoms with Crippen LogP contribution >= 0.6 is 11.8 Å². The average molecular weight is 168 g/mol. The molecule has 0 fully saturated rings. The van der Waals surface area contributed by atoms with Gasteiger partial charge in [0.25, 0.3) is 0 Å². The topological polar surface area (TPSA) is 49.8 Å². The van der Waals surface area contributed by atoms with Gasteiger partial charge in [-0.2, -0.15) is 5.26 Å². The van der Waals surface area contributed by atoms with Crippen molar-refractivity contribution in [1.82, 2.24) is 5.16 Å². The first-order chi connectivity index (χ1) is 5.36. The number of hydrogen-bond acceptors (Lipinski definition) is 4. The molecule has 3 nitrogen and oxygen atoms in total. The summed E-state index contributed by atoms with van der Waals surface area (Å²) in [5, 5.41) is 14.0. The van der Waals surface area contributed by atoms with Crippen LogP contribution in [0.1, 0.15) is 18.4 Å². The maximum Gasteiger partial charge on any atom is 0.147 e. The van der Waals surface area contributed by atoms with E-state index >= 15 is 0 Å². The van der Waals surface area contributed by atoms with Gasteiger partial charge in [0, 0.05) is 6.07 Å². The first kappa shape index (κ1) is 8.15. The molecule has 0 aliphatic carbocycles. The normalized spacial score (nSPS) is 9.45. The molecule has 0 spiro atoms. The largest absolute Gasteiger partial charge is 0.360 e. The summed E-state index contributed by atoms with van der Waals surface area (Å²) >= 11 is 1.16. The lowest BCUT2D eigenvalue weighted by Crippen LogP contribution is -1.74. The van der Waals surface area contributed by atoms with Gasteiger partial charge in [-0.15, -0.1) is 0 Å². The summed E-state index contributed by atoms with van der Waals surface area (Å²) < 4.78 is 4.94. The third-order valence-electron chi connectivity index (χ3n) is 1.25. The Bertz CT molecular complexity index is 264. The molecule has 1 aromatic heterocycles. The number of thioether (sulfide) groups is 1. The molecule has 4 heteroatoms. The monoisotopic (exact) mass is 168 g/mol. The minimum absolute atomic E-state index is 0.587. The molecule has 0 saturated carbocycles. The van der Waals surface area contributed by atoms with Crippen molar-refractivity contribution in [3.05, 3.63) is 17.5 Å². The molecule has 11 heavy (non-hydrogen) atoms. The van der Waals surface area contributed by atoms with Gasteiger partial charge >= 0.3 is 0 Å². The van der Waals surface area contributed by atoms with Crippen LogP contribution in [0.2, 0.25) is 0 Å². The molecule has 1 aromatic rings. The third kappa shape index (κ3) is 2.28. The number of aryl methyl sites for hydroxylation is 1. The Hall–Kier alpha value is -0.950. The minimum Gasteiger partial charge on any atom is -0.360 e. The van der Waals surface area contributed by atoms with Crippen LogP contribution in [0.5, 0.6) is 0 Å². The van der Waals surface area contributed by atoms with Crippen molar-refractivity contribution >= 4 is 11.8 Å². The minimum atomic E-state index is 0.587. The number of thiocyanates is 1. The molecule has 0 saturated heterocycles. The Morgan fingerprint density at radius 3 is 3.18 bits per heavy atom. The van der Waals surface area contributed by atoms with E-state index < -0.39 is 0 Å². The molecule has 0 atom stereocenters. The highest BCUT2D eigenvalue weighted by molar-refractivity contribution is 8.02. The van der Waals surface area contributed by atoms with Gasteiger partial charge in [-0.3, -0.25) is 0 Å². The molecule has 0 N–H and O–H groups in total. The second-order valence-electron chi connectivity index (χ2n) is 2.02. The fourth-order valence-corrected chi connectivity index (χ4v) is 1.04. The molecule has 1 heterocycles. The standard InChI is InChI=1S/C7H8N2OS/c1-2-6-3-7(10-9-6)4-11-5-8/h3H,2,4H2,1H3. The van der Waals surface area contributed by atoms with Crippen molar-refractivity contribution in [1.29, 1.82) is 5.26 Å². The highest BCUT2D eigenvalue weighted by Gasteiger charge is 2.01. The van der Waals surface area contributed by atoms with Crippen LogP contribution in [-0.2, 0) is 12.2 Å². The van der Waals surface area contributed by atoms with Crippen LogP contribution in [0, 0.1) is 10.7 Å². The van der Waals surface area contributed by atoms with E-state index in [0.717, 1.165) is 29.6 Å². The zero-order valence-electron chi connectivity index (χ0n) is 6.20. The number of nitrogens with zero attached hydrogens (tertiary/aromatic N) is 2. The summed E-state index contributed by atoms with van der Waals surface area (Å²) in [4.78, 5) is 0. The van der Waals surface area contributed by atoms with E-state index in [-0.39, 0.29) is 0 Å². The lowest BCUT2D eigenvalue weighted by atomic mass is 10.3. The van der Waals surface area contributed by atoms with Crippen molar-refractivity contribution in [2.24, 2.45) is 0 Å². The molecule has 0 aliphatic rings. The van der Waals surface area contributed by atoms with E-state index in [0.29, 0.717) is 5.75 Å². The van der Waals surface area contributed by atoms with Crippen molar-refractivity contribution in [2.75, 3.05) is 0 Å². The first-order valence-corrected chi connectivity index (χ1v) is 4.30. The number of nitriles is 1. The number of aromatic nitrogens is 1. The van der Waals surface area contributed by atoms with Crippen LogP contribution in [-0.4, -0.2) is 5.16 Å². The lowest BCUT2D eigenvalue weighted by molar-refractivity contribution is 0.389. The predicted octanol–water partition coefficient (Wildman–Crippen LogP) is 1.95. The summed E-state index contributed by atoms with van der Waals surface area (Å²) in [5.74, 6) is 1.36. The Morgan fingerprint density at radius 2 is 2.64 bits per heavy atom. The molecule has 0 radical (unpaired) electrons. The Balaban J connectivity index is 2.53. The zero-order chi connectivity index (χ0) is 8.10. The van der Waals surface area contributed by atoms with Gasteiger partial charge in [-0.1, -0.05) is 12.1 Å². The van der Waals surface area contributed by atoms with Gasteiger partial charge in [-0.25, -0.2) is 0 Å². The average Bonchev–Trinajstić information content (AvgIpc) is 2.48. The van der Waals surface area contributed by atoms with E-state index in [1.807, 2.05) is 18.4 Å². The van der Waals surface area contributed by atoms with E-state index in [1.165, 1.54) is 0 Å². The fraction of sp³-hybridized carbons (Fsp3) is 0.429. The SMILES string of the molecule is CCc1cc(CSC#N)on1. The highest BCUT2D eigenvalue weighted by Crippen LogP contribution is 2.11. The quantitative estimate of drug-likeness (QED) is 0.647. The third-order valence-corrected chi connectivity index (χ3v) is 1.81. The Morgan fingerprint density at radius 1 is 1.82 bits per heavy atom. The van der Waals surface area contributed by atoms with Crippen LogP contribution in [0.15, 0.2) is 10.6 Å². The summed E-state index contributed by atoms with van der Waals surface area (Å²) in [6, 6.07) is 1.88. The van der Waals surface area contributed by atoms with Gasteiger partial charge in [0.15, 0.2) is 0 Å². The summed E-state index contributed by atoms with van der Waals surface area (Å²) in [6.45, 7) is 2.01. The van der Waals surface area contributed by atoms with E-state index in [9.17, 15) is 0 Å². The predicted molar refractivity (Wildman–Crippen MR) is 42.8 cm³/mol. The lowest BCUT2D eigenvalue weighted by Gasteiger charge is -1.81. The van der Waals surface area contributed by atoms with Crippen LogP contribution < -0.4 is 0 Å². The molecular weight excluding hydrogens is 160 g/mol. The maximum atomic E-state index is 8.24. The fourth-order valence-electron chi connectivity index (χ4n) is 0.694. The van der Waals surface area contributed by atoms with Gasteiger partial charge in [0.05, 0.1) is 11.4 Å². The Kier molecular flexibility index (Phi) is 2.99. The molecular formula is C7H8N2OS. The zero-order valence-corrected chi connectivity index (χ0v) is 7.02. The molecule has 0 aromatic carbocycles. The van der Waals surface area contributed by atoms with E-state index in [1.54, 1.807) is 0 Å². The van der Waals surface area contributed by atoms with E-state index in [4.69, 9.17) is 9.78 Å². The van der Waals surface area contributed by atoms with Gasteiger partial charge in [-0.05, 0) is 18.2 Å². The second-order valence-corrected chi connectivity index (χ2v) is 2.78. The Labute approximate surface area is 69.4 Å². The summed E-state index contributed by atoms with van der Waals surface area (Å²) in [6.07, 6.45) is 0.876. The van der Waals surface area contributed by atoms with Gasteiger partial charge in [0.2, 0.25) is 0 Å². The molecule has 58 valence electrons. The first-order valence-electron chi connectivity index (χ1n) is 3.32. The molecule has 0 aliphatic heterocycles. The molecule has 0 unspecified atom stereocenters. The van der Waals surface area contributed by atoms with Gasteiger partial charge in [0.1, 0.15) is 11.2 Å². The number of rotatable bonds is 3. The second kappa shape index (κ2) is 4.04. The molecule has 0 amide bonds. The van der Waals surface area contributed by atoms with E-state index in [2.05, 4.69) is 5.16 Å². The van der Waals surface area contributed by atoms with Crippen LogP contribution in [0.4, 0.5) is 0 Å². The smallest absolute Gasteiger partial charge is 0.147 e. The van der Waals surface area contributed by atoms with Crippen molar-refractivity contribution < 1.29 is 4.52 Å². The summed E-state index contributed by atoms with van der Waals surface area (Å²) in [7, 11) is 0. The number of hydrogen-bond donors (Lipinski definition) is 0. The van der Waals surface area contributed by atoms with Crippen molar-refractivity contribution in [3.8, 4) is 5.40 Å². The van der Waals surface area contributed by atoms with Crippen LogP contribution in [0.25, 0.3) is 0 Å². The highest BCUT2D eigenvalue weighted by atomic mass is 32.2. The van der Waals surface area contributed by atoms with Crippen molar-refractivity contribution in [2.45, 2.75) is 19.1 Å². The summed E-state index contributed by atoms with van der Waals surface area (Å²) in [5.41, 5.74) is 0.943. The maximum absolute atomic E-state index is 8.24. The van der Waals surface area contributed by atoms with Gasteiger partial charge < -0.3 is 4.52 Å². The molecule has 1 rings (SSSR count).